The number of fused-ring (bicyclic) bond motifs is 2. The lowest BCUT2D eigenvalue weighted by molar-refractivity contribution is -0.121. The largest absolute Gasteiger partial charge is 0.459 e. The van der Waals surface area contributed by atoms with Crippen LogP contribution in [0.1, 0.15) is 20.9 Å². The highest BCUT2D eigenvalue weighted by atomic mass is 32.2. The monoisotopic (exact) mass is 470 g/mol. The Kier molecular flexibility index (Phi) is 5.88. The molecule has 0 atom stereocenters. The van der Waals surface area contributed by atoms with E-state index in [2.05, 4.69) is 5.32 Å². The summed E-state index contributed by atoms with van der Waals surface area (Å²) < 4.78 is 10.5. The lowest BCUT2D eigenvalue weighted by Crippen LogP contribution is -2.32. The lowest BCUT2D eigenvalue weighted by atomic mass is 10.1. The van der Waals surface area contributed by atoms with E-state index >= 15 is 0 Å². The van der Waals surface area contributed by atoms with Gasteiger partial charge in [0.1, 0.15) is 0 Å². The topological polar surface area (TPSA) is 88.8 Å². The summed E-state index contributed by atoms with van der Waals surface area (Å²) in [5, 5.41) is 2.64. The summed E-state index contributed by atoms with van der Waals surface area (Å²) in [5.74, 6) is -1.50. The summed E-state index contributed by atoms with van der Waals surface area (Å²) >= 11 is 1.58. The zero-order valence-electron chi connectivity index (χ0n) is 17.8. The number of benzene rings is 3. The number of amides is 2. The summed E-state index contributed by atoms with van der Waals surface area (Å²) in [6, 6.07) is 24.7. The van der Waals surface area contributed by atoms with Crippen LogP contribution in [0.3, 0.4) is 0 Å². The van der Waals surface area contributed by atoms with Crippen molar-refractivity contribution in [1.29, 1.82) is 0 Å². The molecule has 0 radical (unpaired) electrons. The predicted molar refractivity (Wildman–Crippen MR) is 128 cm³/mol. The van der Waals surface area contributed by atoms with Gasteiger partial charge < -0.3 is 14.5 Å². The number of esters is 1. The van der Waals surface area contributed by atoms with Crippen molar-refractivity contribution >= 4 is 46.6 Å². The van der Waals surface area contributed by atoms with E-state index in [4.69, 9.17) is 9.15 Å². The Morgan fingerprint density at radius 3 is 2.15 bits per heavy atom. The molecule has 0 fully saturated rings. The Balaban J connectivity index is 1.34. The highest BCUT2D eigenvalue weighted by Crippen LogP contribution is 2.47. The van der Waals surface area contributed by atoms with Gasteiger partial charge in [0.2, 0.25) is 0 Å². The molecule has 7 nitrogen and oxygen atoms in total. The van der Waals surface area contributed by atoms with Crippen LogP contribution in [-0.4, -0.2) is 24.4 Å². The molecule has 1 aliphatic rings. The van der Waals surface area contributed by atoms with E-state index in [1.807, 2.05) is 48.5 Å². The molecule has 5 rings (SSSR count). The number of ether oxygens (including phenoxy) is 1. The van der Waals surface area contributed by atoms with Crippen molar-refractivity contribution in [1.82, 2.24) is 0 Å². The van der Waals surface area contributed by atoms with Crippen LogP contribution in [0.25, 0.3) is 0 Å². The van der Waals surface area contributed by atoms with Gasteiger partial charge in [-0.05, 0) is 48.5 Å². The normalized spacial score (nSPS) is 11.8. The van der Waals surface area contributed by atoms with Crippen LogP contribution >= 0.6 is 11.8 Å². The molecule has 2 heterocycles. The number of nitrogens with one attached hydrogen (secondary N) is 1. The first-order valence-electron chi connectivity index (χ1n) is 10.4. The predicted octanol–water partition coefficient (Wildman–Crippen LogP) is 5.52. The second-order valence-corrected chi connectivity index (χ2v) is 8.40. The standard InChI is InChI=1S/C26H18N2O5S/c29-24(28-19-10-3-5-13-22(19)34-23-14-6-4-11-20(23)28)16-33-26(31)17-8-1-2-9-18(17)27-25(30)21-12-7-15-32-21/h1-15H,16H2,(H,27,30). The van der Waals surface area contributed by atoms with Crippen molar-refractivity contribution in [2.45, 2.75) is 9.79 Å². The molecule has 0 saturated carbocycles. The number of carbonyl (C=O) groups is 3. The van der Waals surface area contributed by atoms with Crippen molar-refractivity contribution in [3.05, 3.63) is 103 Å². The Labute approximate surface area is 199 Å². The SMILES string of the molecule is O=C(Nc1ccccc1C(=O)OCC(=O)N1c2ccccc2Sc2ccccc21)c1ccco1. The van der Waals surface area contributed by atoms with Crippen LogP contribution in [0.2, 0.25) is 0 Å². The number of para-hydroxylation sites is 3. The third kappa shape index (κ3) is 4.18. The van der Waals surface area contributed by atoms with E-state index in [9.17, 15) is 14.4 Å². The summed E-state index contributed by atoms with van der Waals surface area (Å²) in [4.78, 5) is 41.9. The van der Waals surface area contributed by atoms with Crippen molar-refractivity contribution in [3.8, 4) is 0 Å². The van der Waals surface area contributed by atoms with E-state index in [1.165, 1.54) is 18.4 Å². The molecular weight excluding hydrogens is 452 g/mol. The summed E-state index contributed by atoms with van der Waals surface area (Å²) in [5.41, 5.74) is 1.85. The lowest BCUT2D eigenvalue weighted by Gasteiger charge is -2.30. The maximum Gasteiger partial charge on any atom is 0.340 e. The van der Waals surface area contributed by atoms with E-state index in [-0.39, 0.29) is 22.9 Å². The first-order valence-corrected chi connectivity index (χ1v) is 11.2. The van der Waals surface area contributed by atoms with Crippen LogP contribution in [0.5, 0.6) is 0 Å². The molecule has 0 aliphatic carbocycles. The molecule has 0 bridgehead atoms. The van der Waals surface area contributed by atoms with E-state index in [0.29, 0.717) is 0 Å². The maximum absolute atomic E-state index is 13.2. The van der Waals surface area contributed by atoms with Gasteiger partial charge in [-0.1, -0.05) is 48.2 Å². The molecule has 34 heavy (non-hydrogen) atoms. The number of anilines is 3. The first kappa shape index (κ1) is 21.5. The Morgan fingerprint density at radius 2 is 1.47 bits per heavy atom. The quantitative estimate of drug-likeness (QED) is 0.387. The molecule has 168 valence electrons. The number of hydrogen-bond donors (Lipinski definition) is 1. The van der Waals surface area contributed by atoms with Gasteiger partial charge in [-0.2, -0.15) is 0 Å². The molecule has 0 saturated heterocycles. The third-order valence-electron chi connectivity index (χ3n) is 5.15. The fraction of sp³-hybridized carbons (Fsp3) is 0.0385. The zero-order valence-corrected chi connectivity index (χ0v) is 18.6. The van der Waals surface area contributed by atoms with Crippen LogP contribution in [-0.2, 0) is 9.53 Å². The van der Waals surface area contributed by atoms with Gasteiger partial charge in [0.25, 0.3) is 11.8 Å². The minimum atomic E-state index is -0.725. The maximum atomic E-state index is 13.2. The van der Waals surface area contributed by atoms with Crippen molar-refractivity contribution < 1.29 is 23.5 Å². The molecule has 1 aromatic heterocycles. The van der Waals surface area contributed by atoms with Gasteiger partial charge in [-0.15, -0.1) is 0 Å². The molecule has 3 aromatic carbocycles. The van der Waals surface area contributed by atoms with Crippen molar-refractivity contribution in [2.24, 2.45) is 0 Å². The molecule has 1 aliphatic heterocycles. The van der Waals surface area contributed by atoms with Crippen LogP contribution in [0, 0.1) is 0 Å². The van der Waals surface area contributed by atoms with Crippen molar-refractivity contribution in [3.63, 3.8) is 0 Å². The molecule has 0 unspecified atom stereocenters. The number of furan rings is 1. The Bertz CT molecular complexity index is 1340. The molecule has 1 N–H and O–H groups in total. The zero-order chi connectivity index (χ0) is 23.5. The highest BCUT2D eigenvalue weighted by Gasteiger charge is 2.28. The second kappa shape index (κ2) is 9.29. The van der Waals surface area contributed by atoms with Gasteiger partial charge in [-0.25, -0.2) is 4.79 Å². The average molecular weight is 471 g/mol. The molecule has 0 spiro atoms. The summed E-state index contributed by atoms with van der Waals surface area (Å²) in [7, 11) is 0. The van der Waals surface area contributed by atoms with Gasteiger partial charge >= 0.3 is 5.97 Å². The van der Waals surface area contributed by atoms with Crippen LogP contribution in [0.4, 0.5) is 17.1 Å². The van der Waals surface area contributed by atoms with Gasteiger partial charge in [0.05, 0.1) is 28.9 Å². The average Bonchev–Trinajstić information content (AvgIpc) is 3.41. The number of carbonyl (C=O) groups excluding carboxylic acids is 3. The van der Waals surface area contributed by atoms with Crippen LogP contribution in [0.15, 0.2) is 105 Å². The Morgan fingerprint density at radius 1 is 0.824 bits per heavy atom. The highest BCUT2D eigenvalue weighted by molar-refractivity contribution is 7.99. The fourth-order valence-electron chi connectivity index (χ4n) is 3.60. The van der Waals surface area contributed by atoms with Gasteiger partial charge in [0, 0.05) is 9.79 Å². The Hall–Kier alpha value is -4.30. The van der Waals surface area contributed by atoms with E-state index in [0.717, 1.165) is 21.2 Å². The number of rotatable bonds is 5. The molecular formula is C26H18N2O5S. The minimum absolute atomic E-state index is 0.110. The number of hydrogen-bond acceptors (Lipinski definition) is 6. The van der Waals surface area contributed by atoms with E-state index < -0.39 is 18.5 Å². The second-order valence-electron chi connectivity index (χ2n) is 7.32. The summed E-state index contributed by atoms with van der Waals surface area (Å²) in [6.07, 6.45) is 1.39. The smallest absolute Gasteiger partial charge is 0.340 e. The van der Waals surface area contributed by atoms with Crippen molar-refractivity contribution in [2.75, 3.05) is 16.8 Å². The molecule has 4 aromatic rings. The molecule has 2 amide bonds. The molecule has 8 heteroatoms. The number of nitrogens with zero attached hydrogens (tertiary/aromatic N) is 1. The van der Waals surface area contributed by atoms with E-state index in [1.54, 1.807) is 40.9 Å². The minimum Gasteiger partial charge on any atom is -0.459 e. The van der Waals surface area contributed by atoms with Crippen LogP contribution < -0.4 is 10.2 Å². The summed E-state index contributed by atoms with van der Waals surface area (Å²) in [6.45, 7) is -0.466. The fourth-order valence-corrected chi connectivity index (χ4v) is 4.66. The van der Waals surface area contributed by atoms with Gasteiger partial charge in [-0.3, -0.25) is 14.5 Å². The first-order chi connectivity index (χ1) is 16.6. The van der Waals surface area contributed by atoms with Gasteiger partial charge in [0.15, 0.2) is 12.4 Å². The third-order valence-corrected chi connectivity index (χ3v) is 6.28.